The van der Waals surface area contributed by atoms with Crippen LogP contribution in [0.2, 0.25) is 5.02 Å². The molecule has 0 saturated carbocycles. The molecule has 0 spiro atoms. The van der Waals surface area contributed by atoms with Gasteiger partial charge in [-0.2, -0.15) is 0 Å². The summed E-state index contributed by atoms with van der Waals surface area (Å²) in [6.07, 6.45) is 0. The Labute approximate surface area is 142 Å². The largest absolute Gasteiger partial charge is 0.466 e. The summed E-state index contributed by atoms with van der Waals surface area (Å²) >= 11 is 5.87. The highest BCUT2D eigenvalue weighted by atomic mass is 35.5. The average molecular weight is 349 g/mol. The molecule has 0 radical (unpaired) electrons. The van der Waals surface area contributed by atoms with Crippen LogP contribution in [0.5, 0.6) is 5.75 Å². The summed E-state index contributed by atoms with van der Waals surface area (Å²) in [7, 11) is 0. The van der Waals surface area contributed by atoms with E-state index in [1.54, 1.807) is 25.1 Å². The van der Waals surface area contributed by atoms with Gasteiger partial charge in [-0.1, -0.05) is 17.7 Å². The number of carbonyl (C=O) groups excluding carboxylic acids is 2. The zero-order chi connectivity index (χ0) is 17.5. The minimum absolute atomic E-state index is 0.239. The van der Waals surface area contributed by atoms with Gasteiger partial charge < -0.3 is 15.4 Å². The number of rotatable bonds is 2. The Morgan fingerprint density at radius 2 is 2.04 bits per heavy atom. The first-order valence-corrected chi connectivity index (χ1v) is 7.55. The van der Waals surface area contributed by atoms with E-state index in [0.29, 0.717) is 22.0 Å². The fourth-order valence-corrected chi connectivity index (χ4v) is 2.44. The summed E-state index contributed by atoms with van der Waals surface area (Å²) < 4.78 is 19.2. The zero-order valence-electron chi connectivity index (χ0n) is 12.9. The molecule has 2 aromatic rings. The van der Waals surface area contributed by atoms with Crippen LogP contribution in [0.4, 0.5) is 15.8 Å². The number of halogens is 2. The van der Waals surface area contributed by atoms with E-state index in [-0.39, 0.29) is 5.69 Å². The van der Waals surface area contributed by atoms with Crippen molar-refractivity contribution in [1.29, 1.82) is 0 Å². The molecule has 0 bridgehead atoms. The SMILES string of the molecule is Cc1ccc(NC(=O)C2(C)Oc3ccc(Cl)cc3NC2=O)cc1F. The van der Waals surface area contributed by atoms with Crippen LogP contribution >= 0.6 is 11.6 Å². The van der Waals surface area contributed by atoms with Gasteiger partial charge in [0.15, 0.2) is 0 Å². The second-order valence-electron chi connectivity index (χ2n) is 5.65. The number of aryl methyl sites for hydroxylation is 1. The lowest BCUT2D eigenvalue weighted by molar-refractivity contribution is -0.143. The fraction of sp³-hybridized carbons (Fsp3) is 0.176. The fourth-order valence-electron chi connectivity index (χ4n) is 2.27. The molecule has 124 valence electrons. The number of carbonyl (C=O) groups is 2. The molecule has 0 fully saturated rings. The molecular formula is C17H14ClFN2O3. The van der Waals surface area contributed by atoms with E-state index in [9.17, 15) is 14.0 Å². The number of hydrogen-bond donors (Lipinski definition) is 2. The van der Waals surface area contributed by atoms with Crippen LogP contribution in [0.1, 0.15) is 12.5 Å². The number of ether oxygens (including phenoxy) is 1. The first-order chi connectivity index (χ1) is 11.3. The summed E-state index contributed by atoms with van der Waals surface area (Å²) in [6, 6.07) is 8.95. The third-order valence-electron chi connectivity index (χ3n) is 3.80. The van der Waals surface area contributed by atoms with Crippen LogP contribution in [0.25, 0.3) is 0 Å². The predicted molar refractivity (Wildman–Crippen MR) is 88.9 cm³/mol. The van der Waals surface area contributed by atoms with Crippen LogP contribution in [-0.4, -0.2) is 17.4 Å². The van der Waals surface area contributed by atoms with Gasteiger partial charge in [0, 0.05) is 10.7 Å². The number of anilines is 2. The molecule has 0 aliphatic carbocycles. The number of fused-ring (bicyclic) bond motifs is 1. The third kappa shape index (κ3) is 2.80. The van der Waals surface area contributed by atoms with E-state index in [0.717, 1.165) is 0 Å². The normalized spacial score (nSPS) is 19.1. The van der Waals surface area contributed by atoms with Crippen LogP contribution in [-0.2, 0) is 9.59 Å². The number of nitrogens with one attached hydrogen (secondary N) is 2. The molecule has 1 atom stereocenters. The maximum absolute atomic E-state index is 13.6. The summed E-state index contributed by atoms with van der Waals surface area (Å²) in [4.78, 5) is 24.9. The maximum atomic E-state index is 13.6. The predicted octanol–water partition coefficient (Wildman–Crippen LogP) is 3.52. The molecule has 2 aromatic carbocycles. The first-order valence-electron chi connectivity index (χ1n) is 7.17. The van der Waals surface area contributed by atoms with Crippen molar-refractivity contribution in [3.05, 3.63) is 52.8 Å². The second kappa shape index (κ2) is 5.79. The Morgan fingerprint density at radius 1 is 1.29 bits per heavy atom. The van der Waals surface area contributed by atoms with Crippen molar-refractivity contribution in [3.63, 3.8) is 0 Å². The molecule has 2 N–H and O–H groups in total. The molecule has 0 aromatic heterocycles. The van der Waals surface area contributed by atoms with Crippen molar-refractivity contribution in [2.75, 3.05) is 10.6 Å². The van der Waals surface area contributed by atoms with Crippen LogP contribution in [0.3, 0.4) is 0 Å². The van der Waals surface area contributed by atoms with Crippen molar-refractivity contribution < 1.29 is 18.7 Å². The standard InChI is InChI=1S/C17H14ClFN2O3/c1-9-3-5-11(8-12(9)19)20-15(22)17(2)16(23)21-13-7-10(18)4-6-14(13)24-17/h3-8H,1-2H3,(H,20,22)(H,21,23). The summed E-state index contributed by atoms with van der Waals surface area (Å²) in [5.41, 5.74) is -0.708. The maximum Gasteiger partial charge on any atom is 0.278 e. The lowest BCUT2D eigenvalue weighted by Crippen LogP contribution is -2.56. The summed E-state index contributed by atoms with van der Waals surface area (Å²) in [5.74, 6) is -1.47. The molecular weight excluding hydrogens is 335 g/mol. The topological polar surface area (TPSA) is 67.4 Å². The minimum Gasteiger partial charge on any atom is -0.466 e. The van der Waals surface area contributed by atoms with E-state index >= 15 is 0 Å². The average Bonchev–Trinajstić information content (AvgIpc) is 2.52. The number of benzene rings is 2. The van der Waals surface area contributed by atoms with Gasteiger partial charge in [0.05, 0.1) is 5.69 Å². The summed E-state index contributed by atoms with van der Waals surface area (Å²) in [5, 5.41) is 5.53. The Morgan fingerprint density at radius 3 is 2.75 bits per heavy atom. The van der Waals surface area contributed by atoms with Gasteiger partial charge in [0.1, 0.15) is 11.6 Å². The second-order valence-corrected chi connectivity index (χ2v) is 6.08. The van der Waals surface area contributed by atoms with Gasteiger partial charge in [0.25, 0.3) is 17.4 Å². The number of hydrogen-bond acceptors (Lipinski definition) is 3. The minimum atomic E-state index is -1.79. The Bertz CT molecular complexity index is 856. The third-order valence-corrected chi connectivity index (χ3v) is 4.04. The Hall–Kier alpha value is -2.60. The molecule has 0 saturated heterocycles. The molecule has 1 heterocycles. The molecule has 5 nitrogen and oxygen atoms in total. The highest BCUT2D eigenvalue weighted by Gasteiger charge is 2.47. The van der Waals surface area contributed by atoms with Gasteiger partial charge in [-0.05, 0) is 49.7 Å². The van der Waals surface area contributed by atoms with Gasteiger partial charge in [-0.25, -0.2) is 4.39 Å². The van der Waals surface area contributed by atoms with Crippen LogP contribution in [0.15, 0.2) is 36.4 Å². The van der Waals surface area contributed by atoms with Crippen molar-refractivity contribution in [3.8, 4) is 5.75 Å². The van der Waals surface area contributed by atoms with Crippen LogP contribution in [0, 0.1) is 12.7 Å². The van der Waals surface area contributed by atoms with E-state index in [1.165, 1.54) is 25.1 Å². The van der Waals surface area contributed by atoms with Crippen molar-refractivity contribution in [2.45, 2.75) is 19.4 Å². The molecule has 3 rings (SSSR count). The van der Waals surface area contributed by atoms with E-state index in [1.807, 2.05) is 0 Å². The highest BCUT2D eigenvalue weighted by Crippen LogP contribution is 2.36. The number of amides is 2. The van der Waals surface area contributed by atoms with E-state index in [4.69, 9.17) is 16.3 Å². The lowest BCUT2D eigenvalue weighted by atomic mass is 10.0. The Kier molecular flexibility index (Phi) is 3.93. The molecule has 24 heavy (non-hydrogen) atoms. The van der Waals surface area contributed by atoms with Gasteiger partial charge in [-0.3, -0.25) is 9.59 Å². The van der Waals surface area contributed by atoms with Crippen molar-refractivity contribution in [1.82, 2.24) is 0 Å². The molecule has 1 unspecified atom stereocenters. The Balaban J connectivity index is 1.87. The highest BCUT2D eigenvalue weighted by molar-refractivity contribution is 6.31. The van der Waals surface area contributed by atoms with Gasteiger partial charge in [0.2, 0.25) is 0 Å². The van der Waals surface area contributed by atoms with Gasteiger partial charge >= 0.3 is 0 Å². The molecule has 7 heteroatoms. The lowest BCUT2D eigenvalue weighted by Gasteiger charge is -2.33. The smallest absolute Gasteiger partial charge is 0.278 e. The molecule has 2 amide bonds. The van der Waals surface area contributed by atoms with E-state index in [2.05, 4.69) is 10.6 Å². The molecule has 1 aliphatic heterocycles. The molecule has 1 aliphatic rings. The summed E-state index contributed by atoms with van der Waals surface area (Å²) in [6.45, 7) is 2.96. The quantitative estimate of drug-likeness (QED) is 0.816. The van der Waals surface area contributed by atoms with Crippen molar-refractivity contribution in [2.24, 2.45) is 0 Å². The zero-order valence-corrected chi connectivity index (χ0v) is 13.7. The van der Waals surface area contributed by atoms with E-state index < -0.39 is 23.2 Å². The first kappa shape index (κ1) is 16.3. The monoisotopic (exact) mass is 348 g/mol. The van der Waals surface area contributed by atoms with Crippen LogP contribution < -0.4 is 15.4 Å². The van der Waals surface area contributed by atoms with Crippen molar-refractivity contribution >= 4 is 34.8 Å². The van der Waals surface area contributed by atoms with Gasteiger partial charge in [-0.15, -0.1) is 0 Å².